The predicted molar refractivity (Wildman–Crippen MR) is 95.1 cm³/mol. The van der Waals surface area contributed by atoms with Gasteiger partial charge in [-0.05, 0) is 57.2 Å². The van der Waals surface area contributed by atoms with E-state index >= 15 is 0 Å². The fourth-order valence-corrected chi connectivity index (χ4v) is 2.20. The summed E-state index contributed by atoms with van der Waals surface area (Å²) in [4.78, 5) is 12.2. The molecule has 1 atom stereocenters. The molecular weight excluding hydrogens is 358 g/mol. The molecule has 0 spiro atoms. The van der Waals surface area contributed by atoms with Gasteiger partial charge in [0, 0.05) is 16.2 Å². The van der Waals surface area contributed by atoms with Gasteiger partial charge in [-0.15, -0.1) is 0 Å². The Bertz CT molecular complexity index is 656. The van der Waals surface area contributed by atoms with Crippen molar-refractivity contribution in [2.24, 2.45) is 0 Å². The van der Waals surface area contributed by atoms with Crippen LogP contribution in [-0.2, 0) is 4.79 Å². The molecule has 0 saturated heterocycles. The molecule has 0 aliphatic heterocycles. The third-order valence-corrected chi connectivity index (χ3v) is 3.50. The first-order valence-corrected chi connectivity index (χ1v) is 8.23. The van der Waals surface area contributed by atoms with Crippen LogP contribution < -0.4 is 14.8 Å². The second-order valence-corrected chi connectivity index (χ2v) is 6.31. The molecular formula is C18H20BrNO3. The summed E-state index contributed by atoms with van der Waals surface area (Å²) >= 11 is 3.36. The van der Waals surface area contributed by atoms with Crippen molar-refractivity contribution in [3.8, 4) is 11.5 Å². The van der Waals surface area contributed by atoms with Gasteiger partial charge in [-0.2, -0.15) is 0 Å². The SMILES string of the molecule is CC(C)Oc1cccc(NC(=O)[C@@H](C)Oc2ccc(Br)cc2)c1. The quantitative estimate of drug-likeness (QED) is 0.797. The molecule has 0 fully saturated rings. The molecule has 0 unspecified atom stereocenters. The molecule has 0 heterocycles. The molecule has 122 valence electrons. The lowest BCUT2D eigenvalue weighted by atomic mass is 10.2. The molecule has 0 aliphatic rings. The van der Waals surface area contributed by atoms with Crippen LogP contribution in [0.15, 0.2) is 53.0 Å². The van der Waals surface area contributed by atoms with E-state index in [4.69, 9.17) is 9.47 Å². The summed E-state index contributed by atoms with van der Waals surface area (Å²) in [5, 5.41) is 2.83. The highest BCUT2D eigenvalue weighted by Gasteiger charge is 2.15. The Morgan fingerprint density at radius 1 is 1.00 bits per heavy atom. The van der Waals surface area contributed by atoms with E-state index in [1.165, 1.54) is 0 Å². The van der Waals surface area contributed by atoms with Crippen molar-refractivity contribution in [2.45, 2.75) is 33.0 Å². The van der Waals surface area contributed by atoms with Crippen molar-refractivity contribution in [3.63, 3.8) is 0 Å². The van der Waals surface area contributed by atoms with Gasteiger partial charge in [-0.1, -0.05) is 22.0 Å². The molecule has 0 aromatic heterocycles. The summed E-state index contributed by atoms with van der Waals surface area (Å²) in [5.74, 6) is 1.15. The normalized spacial score (nSPS) is 11.9. The number of benzene rings is 2. The van der Waals surface area contributed by atoms with Crippen LogP contribution in [0.4, 0.5) is 5.69 Å². The number of anilines is 1. The summed E-state index contributed by atoms with van der Waals surface area (Å²) in [5.41, 5.74) is 0.680. The van der Waals surface area contributed by atoms with E-state index in [2.05, 4.69) is 21.2 Å². The lowest BCUT2D eigenvalue weighted by Crippen LogP contribution is -2.30. The van der Waals surface area contributed by atoms with Gasteiger partial charge in [0.25, 0.3) is 5.91 Å². The highest BCUT2D eigenvalue weighted by Crippen LogP contribution is 2.20. The number of rotatable bonds is 6. The van der Waals surface area contributed by atoms with Crippen LogP contribution in [0.2, 0.25) is 0 Å². The van der Waals surface area contributed by atoms with Gasteiger partial charge in [0.15, 0.2) is 6.10 Å². The number of nitrogens with one attached hydrogen (secondary N) is 1. The summed E-state index contributed by atoms with van der Waals surface area (Å²) in [6.45, 7) is 5.63. The largest absolute Gasteiger partial charge is 0.491 e. The molecule has 1 N–H and O–H groups in total. The number of hydrogen-bond donors (Lipinski definition) is 1. The maximum absolute atomic E-state index is 12.2. The summed E-state index contributed by atoms with van der Waals surface area (Å²) in [6, 6.07) is 14.7. The van der Waals surface area contributed by atoms with Crippen LogP contribution in [0.1, 0.15) is 20.8 Å². The molecule has 1 amide bonds. The van der Waals surface area contributed by atoms with E-state index in [9.17, 15) is 4.79 Å². The number of ether oxygens (including phenoxy) is 2. The maximum Gasteiger partial charge on any atom is 0.265 e. The zero-order valence-corrected chi connectivity index (χ0v) is 15.0. The lowest BCUT2D eigenvalue weighted by molar-refractivity contribution is -0.122. The van der Waals surface area contributed by atoms with Crippen molar-refractivity contribution in [3.05, 3.63) is 53.0 Å². The van der Waals surface area contributed by atoms with E-state index in [1.807, 2.05) is 56.3 Å². The third-order valence-electron chi connectivity index (χ3n) is 2.97. The zero-order valence-electron chi connectivity index (χ0n) is 13.4. The number of halogens is 1. The van der Waals surface area contributed by atoms with Crippen LogP contribution >= 0.6 is 15.9 Å². The molecule has 0 saturated carbocycles. The van der Waals surface area contributed by atoms with Crippen LogP contribution in [0.5, 0.6) is 11.5 Å². The van der Waals surface area contributed by atoms with Crippen molar-refractivity contribution >= 4 is 27.5 Å². The Labute approximate surface area is 144 Å². The van der Waals surface area contributed by atoms with Crippen molar-refractivity contribution in [1.29, 1.82) is 0 Å². The van der Waals surface area contributed by atoms with Crippen LogP contribution in [0.25, 0.3) is 0 Å². The topological polar surface area (TPSA) is 47.6 Å². The third kappa shape index (κ3) is 5.60. The Balaban J connectivity index is 1.96. The summed E-state index contributed by atoms with van der Waals surface area (Å²) in [6.07, 6.45) is -0.522. The molecule has 0 bridgehead atoms. The van der Waals surface area contributed by atoms with Gasteiger partial charge < -0.3 is 14.8 Å². The van der Waals surface area contributed by atoms with Crippen molar-refractivity contribution in [2.75, 3.05) is 5.32 Å². The number of amides is 1. The van der Waals surface area contributed by atoms with E-state index in [0.29, 0.717) is 11.4 Å². The second-order valence-electron chi connectivity index (χ2n) is 5.40. The van der Waals surface area contributed by atoms with Gasteiger partial charge in [-0.25, -0.2) is 0 Å². The molecule has 4 nitrogen and oxygen atoms in total. The second kappa shape index (κ2) is 8.02. The molecule has 2 aromatic rings. The highest BCUT2D eigenvalue weighted by atomic mass is 79.9. The first kappa shape index (κ1) is 17.3. The minimum atomic E-state index is -0.606. The van der Waals surface area contributed by atoms with Crippen LogP contribution in [-0.4, -0.2) is 18.1 Å². The average molecular weight is 378 g/mol. The monoisotopic (exact) mass is 377 g/mol. The Morgan fingerprint density at radius 3 is 2.35 bits per heavy atom. The standard InChI is InChI=1S/C18H20BrNO3/c1-12(2)22-17-6-4-5-15(11-17)20-18(21)13(3)23-16-9-7-14(19)8-10-16/h4-13H,1-3H3,(H,20,21)/t13-/m1/s1. The van der Waals surface area contributed by atoms with E-state index in [1.54, 1.807) is 13.0 Å². The molecule has 2 rings (SSSR count). The average Bonchev–Trinajstić information content (AvgIpc) is 2.49. The zero-order chi connectivity index (χ0) is 16.8. The fourth-order valence-electron chi connectivity index (χ4n) is 1.93. The first-order valence-electron chi connectivity index (χ1n) is 7.44. The van der Waals surface area contributed by atoms with E-state index < -0.39 is 6.10 Å². The molecule has 5 heteroatoms. The number of hydrogen-bond acceptors (Lipinski definition) is 3. The van der Waals surface area contributed by atoms with Gasteiger partial charge >= 0.3 is 0 Å². The Hall–Kier alpha value is -2.01. The highest BCUT2D eigenvalue weighted by molar-refractivity contribution is 9.10. The van der Waals surface area contributed by atoms with Crippen molar-refractivity contribution < 1.29 is 14.3 Å². The lowest BCUT2D eigenvalue weighted by Gasteiger charge is -2.16. The van der Waals surface area contributed by atoms with Crippen LogP contribution in [0, 0.1) is 0 Å². The number of carbonyl (C=O) groups is 1. The van der Waals surface area contributed by atoms with Crippen LogP contribution in [0.3, 0.4) is 0 Å². The summed E-state index contributed by atoms with van der Waals surface area (Å²) in [7, 11) is 0. The molecule has 2 aromatic carbocycles. The van der Waals surface area contributed by atoms with Crippen molar-refractivity contribution in [1.82, 2.24) is 0 Å². The van der Waals surface area contributed by atoms with Gasteiger partial charge in [-0.3, -0.25) is 4.79 Å². The van der Waals surface area contributed by atoms with Gasteiger partial charge in [0.05, 0.1) is 6.10 Å². The summed E-state index contributed by atoms with van der Waals surface area (Å²) < 4.78 is 12.2. The number of carbonyl (C=O) groups excluding carboxylic acids is 1. The minimum absolute atomic E-state index is 0.0839. The van der Waals surface area contributed by atoms with E-state index in [0.717, 1.165) is 10.2 Å². The predicted octanol–water partition coefficient (Wildman–Crippen LogP) is 4.64. The fraction of sp³-hybridized carbons (Fsp3) is 0.278. The molecule has 0 radical (unpaired) electrons. The minimum Gasteiger partial charge on any atom is -0.491 e. The maximum atomic E-state index is 12.2. The first-order chi connectivity index (χ1) is 10.9. The van der Waals surface area contributed by atoms with Gasteiger partial charge in [0.2, 0.25) is 0 Å². The van der Waals surface area contributed by atoms with E-state index in [-0.39, 0.29) is 12.0 Å². The van der Waals surface area contributed by atoms with Gasteiger partial charge in [0.1, 0.15) is 11.5 Å². The Morgan fingerprint density at radius 2 is 1.70 bits per heavy atom. The molecule has 0 aliphatic carbocycles. The molecule has 23 heavy (non-hydrogen) atoms. The smallest absolute Gasteiger partial charge is 0.265 e. The Kier molecular flexibility index (Phi) is 6.04.